The number of nitrogens with one attached hydrogen (secondary N) is 2. The number of aromatic amines is 1. The number of aryl methyl sites for hydroxylation is 1. The fraction of sp³-hybridized carbons (Fsp3) is 0.500. The Morgan fingerprint density at radius 2 is 2.29 bits per heavy atom. The Hall–Kier alpha value is -2.48. The van der Waals surface area contributed by atoms with E-state index in [-0.39, 0.29) is 11.8 Å². The molecule has 0 saturated carbocycles. The van der Waals surface area contributed by atoms with Gasteiger partial charge in [0.25, 0.3) is 5.91 Å². The van der Waals surface area contributed by atoms with E-state index in [1.165, 1.54) is 0 Å². The molecule has 8 heteroatoms. The van der Waals surface area contributed by atoms with Gasteiger partial charge in [-0.3, -0.25) is 14.9 Å². The van der Waals surface area contributed by atoms with Crippen LogP contribution in [0.15, 0.2) is 18.6 Å². The fourth-order valence-electron chi connectivity index (χ4n) is 2.81. The van der Waals surface area contributed by atoms with Gasteiger partial charge in [0.1, 0.15) is 5.82 Å². The fourth-order valence-corrected chi connectivity index (χ4v) is 2.81. The van der Waals surface area contributed by atoms with Gasteiger partial charge in [0, 0.05) is 31.7 Å². The third-order valence-electron chi connectivity index (χ3n) is 4.14. The predicted octanol–water partition coefficient (Wildman–Crippen LogP) is 0.881. The quantitative estimate of drug-likeness (QED) is 0.864. The Balaban J connectivity index is 1.68. The Labute approximate surface area is 140 Å². The maximum atomic E-state index is 12.7. The lowest BCUT2D eigenvalue weighted by Gasteiger charge is -2.23. The zero-order chi connectivity index (χ0) is 16.9. The summed E-state index contributed by atoms with van der Waals surface area (Å²) in [5.41, 5.74) is 2.31. The minimum Gasteiger partial charge on any atom is -0.379 e. The molecular formula is C16H22N6O2. The molecule has 3 rings (SSSR count). The smallest absolute Gasteiger partial charge is 0.257 e. The van der Waals surface area contributed by atoms with Crippen LogP contribution in [0.25, 0.3) is 0 Å². The van der Waals surface area contributed by atoms with Crippen molar-refractivity contribution in [2.75, 3.05) is 38.7 Å². The first-order chi connectivity index (χ1) is 11.7. The van der Waals surface area contributed by atoms with Crippen LogP contribution in [0, 0.1) is 12.8 Å². The SMILES string of the molecule is CNc1cnc(C[C@H]2COCCN(C(=O)c3cn[nH]c3C)C2)cn1. The predicted molar refractivity (Wildman–Crippen MR) is 88.8 cm³/mol. The van der Waals surface area contributed by atoms with Crippen molar-refractivity contribution in [3.8, 4) is 0 Å². The van der Waals surface area contributed by atoms with Gasteiger partial charge in [-0.2, -0.15) is 5.10 Å². The molecule has 2 aromatic heterocycles. The number of carbonyl (C=O) groups excluding carboxylic acids is 1. The van der Waals surface area contributed by atoms with Crippen LogP contribution >= 0.6 is 0 Å². The van der Waals surface area contributed by atoms with E-state index < -0.39 is 0 Å². The second-order valence-corrected chi connectivity index (χ2v) is 5.95. The van der Waals surface area contributed by atoms with Crippen molar-refractivity contribution in [1.82, 2.24) is 25.1 Å². The molecule has 128 valence electrons. The summed E-state index contributed by atoms with van der Waals surface area (Å²) in [4.78, 5) is 23.2. The number of carbonyl (C=O) groups is 1. The lowest BCUT2D eigenvalue weighted by Crippen LogP contribution is -2.36. The van der Waals surface area contributed by atoms with Crippen LogP contribution in [0.1, 0.15) is 21.7 Å². The Morgan fingerprint density at radius 3 is 2.96 bits per heavy atom. The summed E-state index contributed by atoms with van der Waals surface area (Å²) in [6.07, 6.45) is 5.79. The van der Waals surface area contributed by atoms with E-state index in [9.17, 15) is 4.79 Å². The summed E-state index contributed by atoms with van der Waals surface area (Å²) in [7, 11) is 1.81. The molecule has 1 aliphatic heterocycles. The number of H-pyrrole nitrogens is 1. The second kappa shape index (κ2) is 7.39. The number of aromatic nitrogens is 4. The topological polar surface area (TPSA) is 96.0 Å². The van der Waals surface area contributed by atoms with Gasteiger partial charge in [0.15, 0.2) is 0 Å². The highest BCUT2D eigenvalue weighted by Gasteiger charge is 2.25. The average Bonchev–Trinajstić information content (AvgIpc) is 2.89. The van der Waals surface area contributed by atoms with E-state index in [0.717, 1.165) is 23.6 Å². The van der Waals surface area contributed by atoms with E-state index in [4.69, 9.17) is 4.74 Å². The number of ether oxygens (including phenoxy) is 1. The molecule has 2 N–H and O–H groups in total. The third-order valence-corrected chi connectivity index (χ3v) is 4.14. The first-order valence-electron chi connectivity index (χ1n) is 8.03. The van der Waals surface area contributed by atoms with E-state index in [1.807, 2.05) is 18.9 Å². The number of hydrogen-bond donors (Lipinski definition) is 2. The van der Waals surface area contributed by atoms with Crippen molar-refractivity contribution in [2.45, 2.75) is 13.3 Å². The van der Waals surface area contributed by atoms with Crippen molar-refractivity contribution < 1.29 is 9.53 Å². The molecule has 0 spiro atoms. The van der Waals surface area contributed by atoms with Gasteiger partial charge in [-0.15, -0.1) is 0 Å². The standard InChI is InChI=1S/C16H22N6O2/c1-11-14(7-20-21-11)16(23)22-3-4-24-10-12(9-22)5-13-6-19-15(17-2)8-18-13/h6-8,12H,3-5,9-10H2,1-2H3,(H,17,19)(H,20,21)/t12-/m1/s1. The summed E-state index contributed by atoms with van der Waals surface area (Å²) in [6, 6.07) is 0. The van der Waals surface area contributed by atoms with Gasteiger partial charge >= 0.3 is 0 Å². The Bertz CT molecular complexity index is 684. The van der Waals surface area contributed by atoms with Gasteiger partial charge in [-0.05, 0) is 13.3 Å². The van der Waals surface area contributed by atoms with Gasteiger partial charge < -0.3 is 15.0 Å². The van der Waals surface area contributed by atoms with Gasteiger partial charge in [0.05, 0.1) is 43.1 Å². The van der Waals surface area contributed by atoms with Crippen LogP contribution in [0.4, 0.5) is 5.82 Å². The zero-order valence-electron chi connectivity index (χ0n) is 14.0. The molecule has 1 saturated heterocycles. The van der Waals surface area contributed by atoms with Gasteiger partial charge in [-0.1, -0.05) is 0 Å². The average molecular weight is 330 g/mol. The summed E-state index contributed by atoms with van der Waals surface area (Å²) in [5.74, 6) is 0.926. The maximum absolute atomic E-state index is 12.7. The molecular weight excluding hydrogens is 308 g/mol. The summed E-state index contributed by atoms with van der Waals surface area (Å²) in [5, 5.41) is 9.70. The number of anilines is 1. The molecule has 0 bridgehead atoms. The largest absolute Gasteiger partial charge is 0.379 e. The lowest BCUT2D eigenvalue weighted by atomic mass is 10.0. The normalized spacial score (nSPS) is 18.2. The highest BCUT2D eigenvalue weighted by Crippen LogP contribution is 2.16. The maximum Gasteiger partial charge on any atom is 0.257 e. The van der Waals surface area contributed by atoms with E-state index in [2.05, 4.69) is 25.5 Å². The summed E-state index contributed by atoms with van der Waals surface area (Å²) in [6.45, 7) is 4.24. The van der Waals surface area contributed by atoms with Crippen molar-refractivity contribution >= 4 is 11.7 Å². The van der Waals surface area contributed by atoms with Crippen molar-refractivity contribution in [2.24, 2.45) is 5.92 Å². The van der Waals surface area contributed by atoms with Crippen LogP contribution in [-0.4, -0.2) is 64.3 Å². The molecule has 8 nitrogen and oxygen atoms in total. The summed E-state index contributed by atoms with van der Waals surface area (Å²) >= 11 is 0. The highest BCUT2D eigenvalue weighted by molar-refractivity contribution is 5.95. The van der Waals surface area contributed by atoms with Crippen LogP contribution < -0.4 is 5.32 Å². The molecule has 1 fully saturated rings. The summed E-state index contributed by atoms with van der Waals surface area (Å²) < 4.78 is 5.67. The monoisotopic (exact) mass is 330 g/mol. The number of nitrogens with zero attached hydrogens (tertiary/aromatic N) is 4. The number of amides is 1. The molecule has 24 heavy (non-hydrogen) atoms. The molecule has 1 amide bonds. The van der Waals surface area contributed by atoms with Crippen molar-refractivity contribution in [3.05, 3.63) is 35.5 Å². The molecule has 0 unspecified atom stereocenters. The molecule has 0 radical (unpaired) electrons. The van der Waals surface area contributed by atoms with Crippen LogP contribution in [-0.2, 0) is 11.2 Å². The Morgan fingerprint density at radius 1 is 1.42 bits per heavy atom. The van der Waals surface area contributed by atoms with Crippen molar-refractivity contribution in [3.63, 3.8) is 0 Å². The highest BCUT2D eigenvalue weighted by atomic mass is 16.5. The molecule has 2 aromatic rings. The van der Waals surface area contributed by atoms with Gasteiger partial charge in [-0.25, -0.2) is 4.98 Å². The molecule has 3 heterocycles. The minimum absolute atomic E-state index is 0.00614. The molecule has 0 aromatic carbocycles. The number of rotatable bonds is 4. The van der Waals surface area contributed by atoms with Crippen molar-refractivity contribution in [1.29, 1.82) is 0 Å². The lowest BCUT2D eigenvalue weighted by molar-refractivity contribution is 0.0736. The number of hydrogen-bond acceptors (Lipinski definition) is 6. The van der Waals surface area contributed by atoms with E-state index in [1.54, 1.807) is 18.6 Å². The third kappa shape index (κ3) is 3.70. The van der Waals surface area contributed by atoms with E-state index >= 15 is 0 Å². The first-order valence-corrected chi connectivity index (χ1v) is 8.03. The van der Waals surface area contributed by atoms with Crippen LogP contribution in [0.5, 0.6) is 0 Å². The Kier molecular flexibility index (Phi) is 5.05. The second-order valence-electron chi connectivity index (χ2n) is 5.95. The molecule has 0 aliphatic carbocycles. The minimum atomic E-state index is -0.00614. The van der Waals surface area contributed by atoms with Gasteiger partial charge in [0.2, 0.25) is 0 Å². The van der Waals surface area contributed by atoms with Crippen LogP contribution in [0.3, 0.4) is 0 Å². The first kappa shape index (κ1) is 16.4. The zero-order valence-corrected chi connectivity index (χ0v) is 14.0. The van der Waals surface area contributed by atoms with E-state index in [0.29, 0.717) is 31.9 Å². The molecule has 1 aliphatic rings. The van der Waals surface area contributed by atoms with Crippen LogP contribution in [0.2, 0.25) is 0 Å². The molecule has 1 atom stereocenters.